The van der Waals surface area contributed by atoms with Crippen molar-refractivity contribution >= 4 is 18.1 Å². The first-order valence-electron chi connectivity index (χ1n) is 6.00. The van der Waals surface area contributed by atoms with Gasteiger partial charge in [0.15, 0.2) is 5.82 Å². The monoisotopic (exact) mass is 272 g/mol. The van der Waals surface area contributed by atoms with Crippen molar-refractivity contribution < 1.29 is 9.50 Å². The minimum absolute atomic E-state index is 0. The van der Waals surface area contributed by atoms with Crippen LogP contribution >= 0.6 is 12.4 Å². The van der Waals surface area contributed by atoms with E-state index < -0.39 is 11.9 Å². The number of rotatable bonds is 2. The third-order valence-electron chi connectivity index (χ3n) is 4.17. The molecule has 0 amide bonds. The van der Waals surface area contributed by atoms with Gasteiger partial charge in [-0.15, -0.1) is 12.4 Å². The van der Waals surface area contributed by atoms with Crippen LogP contribution in [0.4, 0.5) is 10.1 Å². The van der Waals surface area contributed by atoms with Crippen LogP contribution in [0.2, 0.25) is 0 Å². The fourth-order valence-corrected chi connectivity index (χ4v) is 3.32. The van der Waals surface area contributed by atoms with E-state index in [1.54, 1.807) is 12.1 Å². The van der Waals surface area contributed by atoms with E-state index in [1.165, 1.54) is 6.07 Å². The van der Waals surface area contributed by atoms with Gasteiger partial charge in [-0.2, -0.15) is 0 Å². The summed E-state index contributed by atoms with van der Waals surface area (Å²) in [7, 11) is 0. The van der Waals surface area contributed by atoms with Crippen molar-refractivity contribution in [3.8, 4) is 0 Å². The van der Waals surface area contributed by atoms with E-state index in [9.17, 15) is 9.50 Å². The summed E-state index contributed by atoms with van der Waals surface area (Å²) in [6, 6.07) is 4.75. The topological polar surface area (TPSA) is 58.3 Å². The zero-order valence-corrected chi connectivity index (χ0v) is 11.0. The van der Waals surface area contributed by atoms with Gasteiger partial charge in [0.05, 0.1) is 11.8 Å². The van der Waals surface area contributed by atoms with Crippen LogP contribution < -0.4 is 11.1 Å². The number of nitrogen functional groups attached to an aromatic ring is 1. The molecule has 5 heteroatoms. The summed E-state index contributed by atoms with van der Waals surface area (Å²) in [4.78, 5) is 0. The third kappa shape index (κ3) is 1.88. The normalized spacial score (nSPS) is 34.6. The smallest absolute Gasteiger partial charge is 0.151 e. The minimum atomic E-state index is -0.812. The molecule has 0 aromatic heterocycles. The third-order valence-corrected chi connectivity index (χ3v) is 4.17. The van der Waals surface area contributed by atoms with Gasteiger partial charge in [0.25, 0.3) is 0 Å². The summed E-state index contributed by atoms with van der Waals surface area (Å²) in [6.07, 6.45) is 1.32. The lowest BCUT2D eigenvalue weighted by molar-refractivity contribution is 0.118. The zero-order valence-electron chi connectivity index (χ0n) is 10.2. The number of aliphatic hydroxyl groups is 1. The number of aliphatic hydroxyl groups excluding tert-OH is 1. The highest BCUT2D eigenvalue weighted by atomic mass is 35.5. The van der Waals surface area contributed by atoms with Gasteiger partial charge in [-0.1, -0.05) is 12.1 Å². The molecular weight excluding hydrogens is 255 g/mol. The Balaban J connectivity index is 0.00000120. The van der Waals surface area contributed by atoms with Gasteiger partial charge >= 0.3 is 0 Å². The van der Waals surface area contributed by atoms with Crippen LogP contribution in [0.25, 0.3) is 0 Å². The van der Waals surface area contributed by atoms with Crippen molar-refractivity contribution in [1.29, 1.82) is 0 Å². The minimum Gasteiger partial charge on any atom is -0.396 e. The zero-order chi connectivity index (χ0) is 12.2. The molecule has 2 bridgehead atoms. The summed E-state index contributed by atoms with van der Waals surface area (Å²) in [5.74, 6) is -0.0353. The molecule has 4 rings (SSSR count). The number of fused-ring (bicyclic) bond motifs is 1. The van der Waals surface area contributed by atoms with Gasteiger partial charge in [-0.25, -0.2) is 4.39 Å². The fraction of sp³-hybridized carbons (Fsp3) is 0.538. The largest absolute Gasteiger partial charge is 0.396 e. The molecule has 1 saturated carbocycles. The molecule has 1 aromatic rings. The Hall–Kier alpha value is -0.840. The van der Waals surface area contributed by atoms with Crippen molar-refractivity contribution in [3.63, 3.8) is 0 Å². The number of nitrogens with one attached hydrogen (secondary N) is 1. The molecule has 100 valence electrons. The summed E-state index contributed by atoms with van der Waals surface area (Å²) in [5, 5.41) is 13.7. The van der Waals surface area contributed by atoms with E-state index in [1.807, 2.05) is 0 Å². The molecule has 3 fully saturated rings. The predicted molar refractivity (Wildman–Crippen MR) is 71.1 cm³/mol. The van der Waals surface area contributed by atoms with E-state index in [2.05, 4.69) is 12.2 Å². The molecule has 0 radical (unpaired) electrons. The maximum Gasteiger partial charge on any atom is 0.151 e. The first-order chi connectivity index (χ1) is 8.00. The average molecular weight is 273 g/mol. The lowest BCUT2D eigenvalue weighted by atomic mass is 9.72. The second-order valence-electron chi connectivity index (χ2n) is 5.59. The first kappa shape index (κ1) is 13.6. The number of hydrogen-bond acceptors (Lipinski definition) is 3. The molecule has 18 heavy (non-hydrogen) atoms. The van der Waals surface area contributed by atoms with Crippen LogP contribution in [-0.2, 0) is 0 Å². The van der Waals surface area contributed by atoms with Crippen LogP contribution in [0.1, 0.15) is 31.4 Å². The van der Waals surface area contributed by atoms with Crippen LogP contribution in [0.15, 0.2) is 18.2 Å². The molecule has 2 saturated heterocycles. The summed E-state index contributed by atoms with van der Waals surface area (Å²) in [6.45, 7) is 2.14. The van der Waals surface area contributed by atoms with Gasteiger partial charge in [0.1, 0.15) is 0 Å². The number of anilines is 1. The first-order valence-corrected chi connectivity index (χ1v) is 6.00. The highest BCUT2D eigenvalue weighted by molar-refractivity contribution is 5.85. The van der Waals surface area contributed by atoms with Gasteiger partial charge < -0.3 is 16.2 Å². The Labute approximate surface area is 112 Å². The molecule has 0 unspecified atom stereocenters. The molecular formula is C13H18ClFN2O. The van der Waals surface area contributed by atoms with Crippen molar-refractivity contribution in [2.45, 2.75) is 37.5 Å². The quantitative estimate of drug-likeness (QED) is 0.722. The molecule has 1 aliphatic carbocycles. The van der Waals surface area contributed by atoms with E-state index in [0.29, 0.717) is 11.5 Å². The number of hydrogen-bond donors (Lipinski definition) is 3. The van der Waals surface area contributed by atoms with E-state index >= 15 is 0 Å². The summed E-state index contributed by atoms with van der Waals surface area (Å²) >= 11 is 0. The molecule has 2 aliphatic heterocycles. The van der Waals surface area contributed by atoms with E-state index in [0.717, 1.165) is 12.8 Å². The summed E-state index contributed by atoms with van der Waals surface area (Å²) < 4.78 is 13.8. The summed E-state index contributed by atoms with van der Waals surface area (Å²) in [5.41, 5.74) is 6.07. The van der Waals surface area contributed by atoms with Gasteiger partial charge in [-0.3, -0.25) is 0 Å². The average Bonchev–Trinajstić information content (AvgIpc) is 2.74. The Bertz CT molecular complexity index is 462. The van der Waals surface area contributed by atoms with Crippen molar-refractivity contribution in [1.82, 2.24) is 5.32 Å². The molecule has 4 N–H and O–H groups in total. The second kappa shape index (κ2) is 4.37. The highest BCUT2D eigenvalue weighted by Crippen LogP contribution is 2.50. The van der Waals surface area contributed by atoms with Crippen molar-refractivity contribution in [2.24, 2.45) is 5.92 Å². The molecule has 2 atom stereocenters. The lowest BCUT2D eigenvalue weighted by Crippen LogP contribution is -2.40. The number of benzene rings is 1. The maximum atomic E-state index is 13.8. The van der Waals surface area contributed by atoms with Gasteiger partial charge in [-0.05, 0) is 31.7 Å². The van der Waals surface area contributed by atoms with Crippen molar-refractivity contribution in [2.75, 3.05) is 5.73 Å². The van der Waals surface area contributed by atoms with Crippen molar-refractivity contribution in [3.05, 3.63) is 29.6 Å². The van der Waals surface area contributed by atoms with Crippen LogP contribution in [0, 0.1) is 11.7 Å². The Morgan fingerprint density at radius 3 is 2.72 bits per heavy atom. The Morgan fingerprint density at radius 2 is 2.17 bits per heavy atom. The van der Waals surface area contributed by atoms with Gasteiger partial charge in [0, 0.05) is 17.1 Å². The molecule has 3 aliphatic rings. The Morgan fingerprint density at radius 1 is 1.50 bits per heavy atom. The second-order valence-corrected chi connectivity index (χ2v) is 5.59. The number of halogens is 2. The highest BCUT2D eigenvalue weighted by Gasteiger charge is 2.54. The van der Waals surface area contributed by atoms with Crippen LogP contribution in [0.5, 0.6) is 0 Å². The predicted octanol–water partition coefficient (Wildman–Crippen LogP) is 2.00. The SMILES string of the molecule is CC12CC(C1)[C@H]([C@H](O)c1cccc(N)c1F)N2.Cl. The maximum absolute atomic E-state index is 13.8. The molecule has 3 nitrogen and oxygen atoms in total. The number of nitrogens with two attached hydrogens (primary N) is 1. The van der Waals surface area contributed by atoms with Crippen LogP contribution in [-0.4, -0.2) is 16.7 Å². The van der Waals surface area contributed by atoms with E-state index in [-0.39, 0.29) is 29.7 Å². The molecule has 0 spiro atoms. The standard InChI is InChI=1S/C13H17FN2O.ClH/c1-13-5-7(6-13)11(16-13)12(17)8-3-2-4-9(15)10(8)14;/h2-4,7,11-12,16-17H,5-6,15H2,1H3;1H/t7?,11-,12-,13?;/m1./s1. The van der Waals surface area contributed by atoms with Gasteiger partial charge in [0.2, 0.25) is 0 Å². The molecule has 2 heterocycles. The van der Waals surface area contributed by atoms with E-state index in [4.69, 9.17) is 5.73 Å². The fourth-order valence-electron chi connectivity index (χ4n) is 3.32. The Kier molecular flexibility index (Phi) is 3.30. The molecule has 1 aromatic carbocycles. The lowest BCUT2D eigenvalue weighted by Gasteiger charge is -2.33. The van der Waals surface area contributed by atoms with Crippen LogP contribution in [0.3, 0.4) is 0 Å².